The number of ketones is 1. The molecule has 0 aromatic rings. The number of alkyl halides is 5. The summed E-state index contributed by atoms with van der Waals surface area (Å²) < 4.78 is 74.6. The fourth-order valence-electron chi connectivity index (χ4n) is 9.74. The van der Waals surface area contributed by atoms with Crippen molar-refractivity contribution in [2.24, 2.45) is 40.4 Å². The summed E-state index contributed by atoms with van der Waals surface area (Å²) in [5.41, 5.74) is 0.312. The molecule has 0 spiro atoms. The van der Waals surface area contributed by atoms with Crippen molar-refractivity contribution in [2.75, 3.05) is 11.5 Å². The van der Waals surface area contributed by atoms with Crippen LogP contribution in [0.5, 0.6) is 0 Å². The molecule has 4 aliphatic rings. The Balaban J connectivity index is 1.16. The molecule has 0 saturated heterocycles. The van der Waals surface area contributed by atoms with Crippen LogP contribution >= 0.6 is 0 Å². The number of carbonyl (C=O) groups is 1. The molecule has 4 rings (SSSR count). The van der Waals surface area contributed by atoms with Crippen molar-refractivity contribution < 1.29 is 36.4 Å². The highest BCUT2D eigenvalue weighted by molar-refractivity contribution is 7.91. The molecule has 0 radical (unpaired) electrons. The van der Waals surface area contributed by atoms with Gasteiger partial charge in [-0.3, -0.25) is 4.79 Å². The molecule has 0 aromatic carbocycles. The van der Waals surface area contributed by atoms with Crippen LogP contribution in [0, 0.1) is 40.4 Å². The molecule has 244 valence electrons. The number of unbranched alkanes of at least 4 members (excludes halogenated alkanes) is 6. The molecule has 0 aliphatic heterocycles. The Bertz CT molecular complexity index is 899. The molecule has 1 N–H and O–H groups in total. The zero-order valence-electron chi connectivity index (χ0n) is 25.7. The zero-order valence-corrected chi connectivity index (χ0v) is 26.5. The fourth-order valence-corrected chi connectivity index (χ4v) is 10.9. The van der Waals surface area contributed by atoms with E-state index in [9.17, 15) is 36.4 Å². The summed E-state index contributed by atoms with van der Waals surface area (Å²) in [6, 6.07) is 0. The molecule has 9 heteroatoms. The Labute approximate surface area is 252 Å². The summed E-state index contributed by atoms with van der Waals surface area (Å²) in [5, 5.41) is 10.9. The number of halogens is 5. The van der Waals surface area contributed by atoms with Gasteiger partial charge in [-0.25, -0.2) is 0 Å². The predicted octanol–water partition coefficient (Wildman–Crippen LogP) is 9.03. The van der Waals surface area contributed by atoms with Crippen LogP contribution in [0.3, 0.4) is 0 Å². The minimum Gasteiger partial charge on any atom is -0.616 e. The van der Waals surface area contributed by atoms with Crippen LogP contribution < -0.4 is 0 Å². The van der Waals surface area contributed by atoms with Crippen molar-refractivity contribution in [3.8, 4) is 0 Å². The summed E-state index contributed by atoms with van der Waals surface area (Å²) >= 11 is -1.35. The van der Waals surface area contributed by atoms with Crippen molar-refractivity contribution in [3.63, 3.8) is 0 Å². The summed E-state index contributed by atoms with van der Waals surface area (Å²) in [6.45, 7) is 4.82. The van der Waals surface area contributed by atoms with E-state index < -0.39 is 36.1 Å². The molecular weight excluding hydrogens is 571 g/mol. The third-order valence-electron chi connectivity index (χ3n) is 12.3. The molecular formula is C33H53F5O3S. The monoisotopic (exact) mass is 624 g/mol. The molecule has 3 nitrogen and oxygen atoms in total. The standard InChI is InChI=1S/C33H53F5O3S/c1-30-17-14-25(39)22-24(30)21-23(29-26-12-13-28(40)31(26,2)18-15-27(29)30)11-8-6-4-3-5-7-9-19-42(41)20-10-16-32(34,35)33(36,37)38/h23-24,26-29,40H,3-22H2,1-2H3/t23?,24?,26-,27+,28?,29-,30-,31-,42?/m0/s1. The second-order valence-corrected chi connectivity index (χ2v) is 16.5. The van der Waals surface area contributed by atoms with Gasteiger partial charge >= 0.3 is 12.1 Å². The van der Waals surface area contributed by atoms with Crippen molar-refractivity contribution >= 4 is 17.0 Å². The number of Topliss-reactive ketones (excluding diaryl/α,β-unsaturated/α-hetero) is 1. The van der Waals surface area contributed by atoms with Crippen molar-refractivity contribution in [2.45, 2.75) is 148 Å². The maximum atomic E-state index is 13.0. The lowest BCUT2D eigenvalue weighted by atomic mass is 9.42. The minimum atomic E-state index is -5.54. The first-order valence-electron chi connectivity index (χ1n) is 16.7. The quantitative estimate of drug-likeness (QED) is 0.119. The SMILES string of the molecule is C[C@]12CCC(=O)CC1CC(CCCCCCCCC[S+]([O-])CCCC(F)(F)C(F)(F)F)[C@@H]1[C@H]2CC[C@]2(C)C(O)CC[C@@H]12. The van der Waals surface area contributed by atoms with Gasteiger partial charge in [0.05, 0.1) is 6.10 Å². The maximum absolute atomic E-state index is 13.0. The average Bonchev–Trinajstić information content (AvgIpc) is 3.21. The molecule has 9 atom stereocenters. The van der Waals surface area contributed by atoms with E-state index >= 15 is 0 Å². The molecule has 42 heavy (non-hydrogen) atoms. The summed E-state index contributed by atoms with van der Waals surface area (Å²) in [6.07, 6.45) is 9.05. The van der Waals surface area contributed by atoms with Crippen LogP contribution in [0.15, 0.2) is 0 Å². The predicted molar refractivity (Wildman–Crippen MR) is 157 cm³/mol. The number of hydrogen-bond acceptors (Lipinski definition) is 3. The summed E-state index contributed by atoms with van der Waals surface area (Å²) in [5.74, 6) is -0.938. The molecule has 0 bridgehead atoms. The van der Waals surface area contributed by atoms with Crippen LogP contribution in [-0.4, -0.2) is 45.2 Å². The smallest absolute Gasteiger partial charge is 0.453 e. The molecule has 4 fully saturated rings. The highest BCUT2D eigenvalue weighted by atomic mass is 32.2. The third-order valence-corrected chi connectivity index (χ3v) is 13.8. The van der Waals surface area contributed by atoms with E-state index in [0.29, 0.717) is 47.5 Å². The van der Waals surface area contributed by atoms with Crippen molar-refractivity contribution in [1.82, 2.24) is 0 Å². The van der Waals surface area contributed by atoms with Gasteiger partial charge in [0.25, 0.3) is 0 Å². The van der Waals surface area contributed by atoms with Gasteiger partial charge in [-0.05, 0) is 98.2 Å². The highest BCUT2D eigenvalue weighted by Gasteiger charge is 2.62. The van der Waals surface area contributed by atoms with E-state index in [1.54, 1.807) is 0 Å². The lowest BCUT2D eigenvalue weighted by molar-refractivity contribution is -0.284. The highest BCUT2D eigenvalue weighted by Crippen LogP contribution is 2.67. The Kier molecular flexibility index (Phi) is 11.4. The number of carbonyl (C=O) groups excluding carboxylic acids is 1. The molecule has 0 amide bonds. The van der Waals surface area contributed by atoms with Gasteiger partial charge in [0.1, 0.15) is 17.3 Å². The second kappa shape index (κ2) is 13.9. The first-order valence-corrected chi connectivity index (χ1v) is 18.2. The van der Waals surface area contributed by atoms with E-state index in [4.69, 9.17) is 0 Å². The first-order chi connectivity index (χ1) is 19.7. The van der Waals surface area contributed by atoms with Crippen molar-refractivity contribution in [3.05, 3.63) is 0 Å². The first kappa shape index (κ1) is 34.5. The average molecular weight is 625 g/mol. The molecule has 4 unspecified atom stereocenters. The van der Waals surface area contributed by atoms with E-state index in [1.165, 1.54) is 25.7 Å². The lowest BCUT2D eigenvalue weighted by Gasteiger charge is -2.62. The Hall–Kier alpha value is -0.410. The van der Waals surface area contributed by atoms with Crippen LogP contribution in [-0.2, 0) is 16.0 Å². The maximum Gasteiger partial charge on any atom is 0.453 e. The topological polar surface area (TPSA) is 60.4 Å². The fraction of sp³-hybridized carbons (Fsp3) is 0.970. The van der Waals surface area contributed by atoms with Gasteiger partial charge in [0.15, 0.2) is 0 Å². The van der Waals surface area contributed by atoms with Gasteiger partial charge in [-0.1, -0.05) is 63.5 Å². The molecule has 4 saturated carbocycles. The van der Waals surface area contributed by atoms with Crippen LogP contribution in [0.4, 0.5) is 22.0 Å². The lowest BCUT2D eigenvalue weighted by Crippen LogP contribution is -2.57. The van der Waals surface area contributed by atoms with Crippen molar-refractivity contribution in [1.29, 1.82) is 0 Å². The molecule has 4 aliphatic carbocycles. The van der Waals surface area contributed by atoms with Gasteiger partial charge in [0.2, 0.25) is 0 Å². The number of fused-ring (bicyclic) bond motifs is 5. The number of rotatable bonds is 14. The molecule has 0 aromatic heterocycles. The second-order valence-electron chi connectivity index (χ2n) is 14.8. The number of aliphatic hydroxyl groups is 1. The summed E-state index contributed by atoms with van der Waals surface area (Å²) in [4.78, 5) is 12.4. The minimum absolute atomic E-state index is 0.0465. The van der Waals surface area contributed by atoms with Crippen LogP contribution in [0.25, 0.3) is 0 Å². The summed E-state index contributed by atoms with van der Waals surface area (Å²) in [7, 11) is 0. The van der Waals surface area contributed by atoms with Gasteiger partial charge < -0.3 is 9.66 Å². The van der Waals surface area contributed by atoms with Crippen LogP contribution in [0.2, 0.25) is 0 Å². The zero-order chi connectivity index (χ0) is 30.8. The van der Waals surface area contributed by atoms with E-state index in [0.717, 1.165) is 70.6 Å². The van der Waals surface area contributed by atoms with E-state index in [2.05, 4.69) is 13.8 Å². The largest absolute Gasteiger partial charge is 0.616 e. The Morgan fingerprint density at radius 2 is 1.48 bits per heavy atom. The Morgan fingerprint density at radius 3 is 2.17 bits per heavy atom. The molecule has 0 heterocycles. The number of hydrogen-bond donors (Lipinski definition) is 1. The van der Waals surface area contributed by atoms with E-state index in [1.807, 2.05) is 0 Å². The number of aliphatic hydroxyl groups excluding tert-OH is 1. The van der Waals surface area contributed by atoms with Gasteiger partial charge in [0, 0.05) is 19.3 Å². The Morgan fingerprint density at radius 1 is 0.857 bits per heavy atom. The van der Waals surface area contributed by atoms with Gasteiger partial charge in [-0.15, -0.1) is 0 Å². The van der Waals surface area contributed by atoms with Gasteiger partial charge in [-0.2, -0.15) is 22.0 Å². The third kappa shape index (κ3) is 7.51. The normalized spacial score (nSPS) is 37.7. The van der Waals surface area contributed by atoms with Crippen LogP contribution in [0.1, 0.15) is 129 Å². The van der Waals surface area contributed by atoms with E-state index in [-0.39, 0.29) is 22.7 Å².